The molecule has 1 saturated heterocycles. The molecule has 1 fully saturated rings. The molecular weight excluding hydrogens is 186 g/mol. The first-order valence-corrected chi connectivity index (χ1v) is 5.96. The summed E-state index contributed by atoms with van der Waals surface area (Å²) in [6.07, 6.45) is 2.97. The summed E-state index contributed by atoms with van der Waals surface area (Å²) in [6.45, 7) is 12.1. The van der Waals surface area contributed by atoms with E-state index in [1.807, 2.05) is 11.8 Å². The van der Waals surface area contributed by atoms with Gasteiger partial charge in [0.15, 0.2) is 0 Å². The van der Waals surface area contributed by atoms with E-state index >= 15 is 0 Å². The normalized spacial score (nSPS) is 19.5. The minimum absolute atomic E-state index is 0.177. The number of amides is 1. The second-order valence-electron chi connectivity index (χ2n) is 5.11. The van der Waals surface area contributed by atoms with E-state index in [2.05, 4.69) is 20.4 Å². The Hall–Kier alpha value is -0.790. The van der Waals surface area contributed by atoms with Crippen molar-refractivity contribution < 1.29 is 4.79 Å². The first kappa shape index (κ1) is 12.3. The van der Waals surface area contributed by atoms with Crippen LogP contribution in [0.2, 0.25) is 0 Å². The zero-order valence-electron chi connectivity index (χ0n) is 10.3. The summed E-state index contributed by atoms with van der Waals surface area (Å²) in [5.41, 5.74) is 1.29. The van der Waals surface area contributed by atoms with Crippen molar-refractivity contribution in [2.75, 3.05) is 13.1 Å². The average molecular weight is 209 g/mol. The predicted molar refractivity (Wildman–Crippen MR) is 63.6 cm³/mol. The third-order valence-electron chi connectivity index (χ3n) is 3.03. The summed E-state index contributed by atoms with van der Waals surface area (Å²) in [4.78, 5) is 14.0. The molecule has 1 amide bonds. The lowest BCUT2D eigenvalue weighted by atomic mass is 9.96. The largest absolute Gasteiger partial charge is 0.342 e. The Morgan fingerprint density at radius 3 is 2.33 bits per heavy atom. The Morgan fingerprint density at radius 2 is 1.87 bits per heavy atom. The summed E-state index contributed by atoms with van der Waals surface area (Å²) in [5.74, 6) is 1.11. The summed E-state index contributed by atoms with van der Waals surface area (Å²) in [6, 6.07) is 0. The highest BCUT2D eigenvalue weighted by atomic mass is 16.2. The number of piperidine rings is 1. The Balaban J connectivity index is 2.42. The van der Waals surface area contributed by atoms with Gasteiger partial charge in [-0.2, -0.15) is 0 Å². The zero-order chi connectivity index (χ0) is 11.4. The van der Waals surface area contributed by atoms with Crippen LogP contribution in [0.4, 0.5) is 0 Å². The van der Waals surface area contributed by atoms with Crippen molar-refractivity contribution in [1.29, 1.82) is 0 Å². The SMILES string of the molecule is C=C1CCN(C(=O)[C@@H](C)CC(C)C)CC1. The molecule has 0 aromatic rings. The maximum Gasteiger partial charge on any atom is 0.225 e. The fourth-order valence-corrected chi connectivity index (χ4v) is 2.16. The van der Waals surface area contributed by atoms with Gasteiger partial charge in [0.05, 0.1) is 0 Å². The van der Waals surface area contributed by atoms with Crippen LogP contribution in [-0.4, -0.2) is 23.9 Å². The van der Waals surface area contributed by atoms with Crippen LogP contribution in [0.1, 0.15) is 40.0 Å². The Kier molecular flexibility index (Phi) is 4.37. The van der Waals surface area contributed by atoms with Crippen LogP contribution in [0.25, 0.3) is 0 Å². The minimum atomic E-state index is 0.177. The maximum atomic E-state index is 12.0. The summed E-state index contributed by atoms with van der Waals surface area (Å²) < 4.78 is 0. The van der Waals surface area contributed by atoms with Crippen LogP contribution in [0.15, 0.2) is 12.2 Å². The molecule has 0 bridgehead atoms. The molecule has 0 aromatic heterocycles. The second-order valence-corrected chi connectivity index (χ2v) is 5.11. The van der Waals surface area contributed by atoms with E-state index in [9.17, 15) is 4.79 Å². The van der Waals surface area contributed by atoms with Gasteiger partial charge in [0.2, 0.25) is 5.91 Å². The van der Waals surface area contributed by atoms with E-state index in [4.69, 9.17) is 0 Å². The highest BCUT2D eigenvalue weighted by Crippen LogP contribution is 2.19. The molecule has 0 N–H and O–H groups in total. The van der Waals surface area contributed by atoms with Crippen molar-refractivity contribution >= 4 is 5.91 Å². The van der Waals surface area contributed by atoms with Gasteiger partial charge < -0.3 is 4.90 Å². The maximum absolute atomic E-state index is 12.0. The van der Waals surface area contributed by atoms with Crippen LogP contribution in [0.5, 0.6) is 0 Å². The molecular formula is C13H23NO. The van der Waals surface area contributed by atoms with Gasteiger partial charge in [-0.05, 0) is 25.2 Å². The van der Waals surface area contributed by atoms with E-state index in [1.54, 1.807) is 0 Å². The van der Waals surface area contributed by atoms with Crippen molar-refractivity contribution in [1.82, 2.24) is 4.90 Å². The molecule has 1 rings (SSSR count). The first-order chi connectivity index (χ1) is 7.00. The molecule has 0 unspecified atom stereocenters. The van der Waals surface area contributed by atoms with Gasteiger partial charge in [-0.3, -0.25) is 4.79 Å². The van der Waals surface area contributed by atoms with Crippen molar-refractivity contribution in [3.63, 3.8) is 0 Å². The molecule has 0 aliphatic carbocycles. The number of likely N-dealkylation sites (tertiary alicyclic amines) is 1. The smallest absolute Gasteiger partial charge is 0.225 e. The van der Waals surface area contributed by atoms with E-state index in [0.717, 1.165) is 32.4 Å². The van der Waals surface area contributed by atoms with Crippen LogP contribution < -0.4 is 0 Å². The third-order valence-corrected chi connectivity index (χ3v) is 3.03. The van der Waals surface area contributed by atoms with Gasteiger partial charge in [0.1, 0.15) is 0 Å². The lowest BCUT2D eigenvalue weighted by molar-refractivity contribution is -0.135. The molecule has 1 heterocycles. The fourth-order valence-electron chi connectivity index (χ4n) is 2.16. The Labute approximate surface area is 93.3 Å². The molecule has 0 saturated carbocycles. The molecule has 2 heteroatoms. The number of rotatable bonds is 3. The van der Waals surface area contributed by atoms with Gasteiger partial charge in [-0.15, -0.1) is 0 Å². The molecule has 1 aliphatic rings. The van der Waals surface area contributed by atoms with Crippen molar-refractivity contribution in [3.8, 4) is 0 Å². The molecule has 1 atom stereocenters. The van der Waals surface area contributed by atoms with Crippen LogP contribution in [0, 0.1) is 11.8 Å². The van der Waals surface area contributed by atoms with E-state index < -0.39 is 0 Å². The number of carbonyl (C=O) groups is 1. The molecule has 1 aliphatic heterocycles. The number of carbonyl (C=O) groups excluding carboxylic acids is 1. The second kappa shape index (κ2) is 5.34. The molecule has 2 nitrogen and oxygen atoms in total. The predicted octanol–water partition coefficient (Wildman–Crippen LogP) is 2.85. The van der Waals surface area contributed by atoms with Crippen molar-refractivity contribution in [2.24, 2.45) is 11.8 Å². The standard InChI is InChI=1S/C13H23NO/c1-10(2)9-12(4)13(15)14-7-5-11(3)6-8-14/h10,12H,3,5-9H2,1-2,4H3/t12-/m0/s1. The number of nitrogens with zero attached hydrogens (tertiary/aromatic N) is 1. The third kappa shape index (κ3) is 3.69. The molecule has 0 radical (unpaired) electrons. The van der Waals surface area contributed by atoms with Crippen molar-refractivity contribution in [2.45, 2.75) is 40.0 Å². The van der Waals surface area contributed by atoms with E-state index in [-0.39, 0.29) is 5.92 Å². The van der Waals surface area contributed by atoms with Crippen molar-refractivity contribution in [3.05, 3.63) is 12.2 Å². The van der Waals surface area contributed by atoms with Gasteiger partial charge in [-0.25, -0.2) is 0 Å². The van der Waals surface area contributed by atoms with Gasteiger partial charge >= 0.3 is 0 Å². The van der Waals surface area contributed by atoms with E-state index in [0.29, 0.717) is 11.8 Å². The molecule has 0 aromatic carbocycles. The average Bonchev–Trinajstić information content (AvgIpc) is 2.17. The minimum Gasteiger partial charge on any atom is -0.342 e. The van der Waals surface area contributed by atoms with Gasteiger partial charge in [-0.1, -0.05) is 32.9 Å². The monoisotopic (exact) mass is 209 g/mol. The molecule has 15 heavy (non-hydrogen) atoms. The zero-order valence-corrected chi connectivity index (χ0v) is 10.3. The topological polar surface area (TPSA) is 20.3 Å². The van der Waals surface area contributed by atoms with Crippen LogP contribution in [-0.2, 0) is 4.79 Å². The number of hydrogen-bond donors (Lipinski definition) is 0. The summed E-state index contributed by atoms with van der Waals surface area (Å²) >= 11 is 0. The highest BCUT2D eigenvalue weighted by Gasteiger charge is 2.23. The molecule has 86 valence electrons. The lowest BCUT2D eigenvalue weighted by Crippen LogP contribution is -2.39. The van der Waals surface area contributed by atoms with Crippen LogP contribution >= 0.6 is 0 Å². The summed E-state index contributed by atoms with van der Waals surface area (Å²) in [5, 5.41) is 0. The van der Waals surface area contributed by atoms with E-state index in [1.165, 1.54) is 5.57 Å². The quantitative estimate of drug-likeness (QED) is 0.654. The van der Waals surface area contributed by atoms with Crippen LogP contribution in [0.3, 0.4) is 0 Å². The fraction of sp³-hybridized carbons (Fsp3) is 0.769. The Morgan fingerprint density at radius 1 is 1.33 bits per heavy atom. The van der Waals surface area contributed by atoms with Gasteiger partial charge in [0.25, 0.3) is 0 Å². The highest BCUT2D eigenvalue weighted by molar-refractivity contribution is 5.78. The molecule has 0 spiro atoms. The Bertz CT molecular complexity index is 235. The lowest BCUT2D eigenvalue weighted by Gasteiger charge is -2.30. The van der Waals surface area contributed by atoms with Gasteiger partial charge in [0, 0.05) is 19.0 Å². The summed E-state index contributed by atoms with van der Waals surface area (Å²) in [7, 11) is 0. The first-order valence-electron chi connectivity index (χ1n) is 5.96. The number of hydrogen-bond acceptors (Lipinski definition) is 1.